The lowest BCUT2D eigenvalue weighted by Crippen LogP contribution is -2.37. The highest BCUT2D eigenvalue weighted by Crippen LogP contribution is 2.28. The summed E-state index contributed by atoms with van der Waals surface area (Å²) in [6.45, 7) is 8.24. The van der Waals surface area contributed by atoms with Crippen LogP contribution in [0.1, 0.15) is 44.5 Å². The molecule has 1 amide bonds. The number of amides is 1. The Morgan fingerprint density at radius 3 is 2.50 bits per heavy atom. The molecule has 0 bridgehead atoms. The minimum absolute atomic E-state index is 0.0167. The van der Waals surface area contributed by atoms with Crippen molar-refractivity contribution in [1.82, 2.24) is 10.2 Å². The number of carbonyl (C=O) groups is 1. The average Bonchev–Trinajstić information content (AvgIpc) is 2.66. The van der Waals surface area contributed by atoms with Gasteiger partial charge in [-0.05, 0) is 32.8 Å². The summed E-state index contributed by atoms with van der Waals surface area (Å²) in [5.74, 6) is 0.204. The molecule has 0 saturated carbocycles. The van der Waals surface area contributed by atoms with Gasteiger partial charge in [0.15, 0.2) is 0 Å². The van der Waals surface area contributed by atoms with Crippen LogP contribution in [0.25, 0.3) is 0 Å². The zero-order valence-corrected chi connectivity index (χ0v) is 11.6. The molecule has 1 fully saturated rings. The third kappa shape index (κ3) is 2.27. The van der Waals surface area contributed by atoms with E-state index in [0.29, 0.717) is 0 Å². The maximum Gasteiger partial charge on any atom is 0.241 e. The van der Waals surface area contributed by atoms with E-state index in [1.165, 1.54) is 11.1 Å². The highest BCUT2D eigenvalue weighted by Gasteiger charge is 2.39. The van der Waals surface area contributed by atoms with Gasteiger partial charge in [0, 0.05) is 6.04 Å². The summed E-state index contributed by atoms with van der Waals surface area (Å²) >= 11 is 0. The first kappa shape index (κ1) is 13.1. The fourth-order valence-electron chi connectivity index (χ4n) is 2.41. The Morgan fingerprint density at radius 2 is 1.94 bits per heavy atom. The monoisotopic (exact) mass is 246 g/mol. The smallest absolute Gasteiger partial charge is 0.241 e. The fourth-order valence-corrected chi connectivity index (χ4v) is 2.41. The Labute approximate surface area is 109 Å². The Hall–Kier alpha value is -1.35. The molecule has 1 heterocycles. The summed E-state index contributed by atoms with van der Waals surface area (Å²) in [4.78, 5) is 14.2. The molecule has 3 nitrogen and oxygen atoms in total. The molecule has 3 unspecified atom stereocenters. The van der Waals surface area contributed by atoms with Gasteiger partial charge in [-0.1, -0.05) is 36.8 Å². The molecule has 1 saturated heterocycles. The molecule has 1 aliphatic rings. The van der Waals surface area contributed by atoms with Crippen LogP contribution in [0.3, 0.4) is 0 Å². The van der Waals surface area contributed by atoms with Gasteiger partial charge in [-0.15, -0.1) is 0 Å². The lowest BCUT2D eigenvalue weighted by Gasteiger charge is -2.30. The van der Waals surface area contributed by atoms with Crippen molar-refractivity contribution >= 4 is 5.91 Å². The predicted octanol–water partition coefficient (Wildman–Crippen LogP) is 2.61. The van der Waals surface area contributed by atoms with E-state index in [1.807, 2.05) is 11.8 Å². The van der Waals surface area contributed by atoms with Crippen molar-refractivity contribution in [1.29, 1.82) is 0 Å². The first-order valence-corrected chi connectivity index (χ1v) is 6.69. The molecule has 3 heteroatoms. The summed E-state index contributed by atoms with van der Waals surface area (Å²) < 4.78 is 0. The van der Waals surface area contributed by atoms with Crippen LogP contribution in [-0.4, -0.2) is 22.9 Å². The van der Waals surface area contributed by atoms with Crippen LogP contribution in [0, 0.1) is 6.92 Å². The Balaban J connectivity index is 2.30. The lowest BCUT2D eigenvalue weighted by molar-refractivity contribution is -0.131. The maximum absolute atomic E-state index is 12.2. The van der Waals surface area contributed by atoms with Crippen LogP contribution in [0.2, 0.25) is 0 Å². The summed E-state index contributed by atoms with van der Waals surface area (Å²) in [6.07, 6.45) is 0.991. The summed E-state index contributed by atoms with van der Waals surface area (Å²) in [6, 6.07) is 8.58. The quantitative estimate of drug-likeness (QED) is 0.889. The van der Waals surface area contributed by atoms with Gasteiger partial charge in [-0.2, -0.15) is 0 Å². The van der Waals surface area contributed by atoms with Crippen LogP contribution in [0.5, 0.6) is 0 Å². The number of rotatable bonds is 3. The Kier molecular flexibility index (Phi) is 3.71. The van der Waals surface area contributed by atoms with E-state index in [-0.39, 0.29) is 24.2 Å². The first-order valence-electron chi connectivity index (χ1n) is 6.69. The lowest BCUT2D eigenvalue weighted by atomic mass is 10.1. The summed E-state index contributed by atoms with van der Waals surface area (Å²) in [5.41, 5.74) is 2.41. The fraction of sp³-hybridized carbons (Fsp3) is 0.533. The molecule has 3 atom stereocenters. The number of aryl methyl sites for hydroxylation is 1. The predicted molar refractivity (Wildman–Crippen MR) is 73.1 cm³/mol. The second-order valence-electron chi connectivity index (χ2n) is 5.20. The Bertz CT molecular complexity index is 427. The van der Waals surface area contributed by atoms with E-state index in [0.717, 1.165) is 6.42 Å². The number of nitrogens with one attached hydrogen (secondary N) is 1. The second-order valence-corrected chi connectivity index (χ2v) is 5.20. The van der Waals surface area contributed by atoms with Crippen LogP contribution < -0.4 is 5.32 Å². The zero-order chi connectivity index (χ0) is 13.3. The zero-order valence-electron chi connectivity index (χ0n) is 11.6. The summed E-state index contributed by atoms with van der Waals surface area (Å²) in [7, 11) is 0. The molecule has 18 heavy (non-hydrogen) atoms. The van der Waals surface area contributed by atoms with E-state index in [2.05, 4.69) is 50.4 Å². The van der Waals surface area contributed by atoms with Gasteiger partial charge in [0.05, 0.1) is 6.04 Å². The number of benzene rings is 1. The average molecular weight is 246 g/mol. The molecule has 1 aromatic rings. The van der Waals surface area contributed by atoms with Gasteiger partial charge in [-0.25, -0.2) is 0 Å². The van der Waals surface area contributed by atoms with Gasteiger partial charge in [0.1, 0.15) is 6.17 Å². The summed E-state index contributed by atoms with van der Waals surface area (Å²) in [5, 5.41) is 3.38. The van der Waals surface area contributed by atoms with E-state index in [1.54, 1.807) is 0 Å². The van der Waals surface area contributed by atoms with E-state index in [9.17, 15) is 4.79 Å². The van der Waals surface area contributed by atoms with E-state index in [4.69, 9.17) is 0 Å². The Morgan fingerprint density at radius 1 is 1.33 bits per heavy atom. The van der Waals surface area contributed by atoms with Crippen LogP contribution >= 0.6 is 0 Å². The molecule has 0 aliphatic carbocycles. The van der Waals surface area contributed by atoms with Crippen molar-refractivity contribution in [3.63, 3.8) is 0 Å². The molecule has 0 aromatic heterocycles. The third-order valence-corrected chi connectivity index (χ3v) is 3.77. The minimum Gasteiger partial charge on any atom is -0.319 e. The standard InChI is InChI=1S/C15H22N2O/c1-5-11(3)17-14(16-12(4)15(17)18)13-8-6-10(2)7-9-13/h6-9,11-12,14,16H,5H2,1-4H3. The normalized spacial score (nSPS) is 25.6. The van der Waals surface area contributed by atoms with Crippen molar-refractivity contribution in [2.45, 2.75) is 52.4 Å². The van der Waals surface area contributed by atoms with Crippen molar-refractivity contribution < 1.29 is 4.79 Å². The van der Waals surface area contributed by atoms with Crippen molar-refractivity contribution in [3.8, 4) is 0 Å². The van der Waals surface area contributed by atoms with Crippen LogP contribution in [0.4, 0.5) is 0 Å². The second kappa shape index (κ2) is 5.11. The molecular weight excluding hydrogens is 224 g/mol. The molecule has 0 spiro atoms. The topological polar surface area (TPSA) is 32.3 Å². The first-order chi connectivity index (χ1) is 8.54. The minimum atomic E-state index is -0.0923. The third-order valence-electron chi connectivity index (χ3n) is 3.77. The SMILES string of the molecule is CCC(C)N1C(=O)C(C)NC1c1ccc(C)cc1. The van der Waals surface area contributed by atoms with Gasteiger partial charge >= 0.3 is 0 Å². The van der Waals surface area contributed by atoms with Crippen LogP contribution in [0.15, 0.2) is 24.3 Å². The molecule has 0 radical (unpaired) electrons. The molecular formula is C15H22N2O. The highest BCUT2D eigenvalue weighted by molar-refractivity contribution is 5.84. The maximum atomic E-state index is 12.2. The number of nitrogens with zero attached hydrogens (tertiary/aromatic N) is 1. The largest absolute Gasteiger partial charge is 0.319 e. The number of carbonyl (C=O) groups excluding carboxylic acids is 1. The molecule has 2 rings (SSSR count). The van der Waals surface area contributed by atoms with Gasteiger partial charge in [0.2, 0.25) is 5.91 Å². The molecule has 1 N–H and O–H groups in total. The van der Waals surface area contributed by atoms with E-state index < -0.39 is 0 Å². The van der Waals surface area contributed by atoms with Gasteiger partial charge in [0.25, 0.3) is 0 Å². The van der Waals surface area contributed by atoms with Crippen molar-refractivity contribution in [3.05, 3.63) is 35.4 Å². The van der Waals surface area contributed by atoms with Crippen LogP contribution in [-0.2, 0) is 4.79 Å². The number of hydrogen-bond donors (Lipinski definition) is 1. The van der Waals surface area contributed by atoms with Crippen molar-refractivity contribution in [2.75, 3.05) is 0 Å². The molecule has 98 valence electrons. The van der Waals surface area contributed by atoms with Gasteiger partial charge in [-0.3, -0.25) is 10.1 Å². The number of hydrogen-bond acceptors (Lipinski definition) is 2. The molecule has 1 aromatic carbocycles. The van der Waals surface area contributed by atoms with Crippen molar-refractivity contribution in [2.24, 2.45) is 0 Å². The highest BCUT2D eigenvalue weighted by atomic mass is 16.2. The van der Waals surface area contributed by atoms with Gasteiger partial charge < -0.3 is 4.90 Å². The molecule has 1 aliphatic heterocycles. The van der Waals surface area contributed by atoms with E-state index >= 15 is 0 Å².